The summed E-state index contributed by atoms with van der Waals surface area (Å²) in [5.74, 6) is 0.621. The topological polar surface area (TPSA) is 17.8 Å². The third-order valence-electron chi connectivity index (χ3n) is 3.17. The molecule has 84 valence electrons. The first-order valence-corrected chi connectivity index (χ1v) is 7.30. The van der Waals surface area contributed by atoms with Crippen LogP contribution in [0.5, 0.6) is 0 Å². The summed E-state index contributed by atoms with van der Waals surface area (Å²) >= 11 is 7.43. The van der Waals surface area contributed by atoms with Crippen molar-refractivity contribution >= 4 is 31.9 Å². The SMILES string of the molecule is CCn1ncc(Br)c1C1CCCCC1Br. The summed E-state index contributed by atoms with van der Waals surface area (Å²) in [4.78, 5) is 0.615. The van der Waals surface area contributed by atoms with E-state index in [1.807, 2.05) is 6.20 Å². The first-order valence-electron chi connectivity index (χ1n) is 5.59. The van der Waals surface area contributed by atoms with Gasteiger partial charge in [-0.1, -0.05) is 28.8 Å². The third-order valence-corrected chi connectivity index (χ3v) is 4.87. The molecule has 1 aliphatic rings. The lowest BCUT2D eigenvalue weighted by molar-refractivity contribution is 0.432. The number of aryl methyl sites for hydroxylation is 1. The van der Waals surface area contributed by atoms with Crippen LogP contribution in [0.15, 0.2) is 10.7 Å². The van der Waals surface area contributed by atoms with E-state index in [4.69, 9.17) is 0 Å². The Labute approximate surface area is 108 Å². The summed E-state index contributed by atoms with van der Waals surface area (Å²) in [7, 11) is 0. The second-order valence-electron chi connectivity index (χ2n) is 4.10. The van der Waals surface area contributed by atoms with Crippen LogP contribution < -0.4 is 0 Å². The molecular formula is C11H16Br2N2. The summed E-state index contributed by atoms with van der Waals surface area (Å²) < 4.78 is 3.29. The normalized spacial score (nSPS) is 26.9. The number of hydrogen-bond donors (Lipinski definition) is 0. The van der Waals surface area contributed by atoms with Crippen LogP contribution in [0, 0.1) is 0 Å². The molecule has 0 radical (unpaired) electrons. The molecule has 1 aliphatic carbocycles. The highest BCUT2D eigenvalue weighted by Gasteiger charge is 2.28. The van der Waals surface area contributed by atoms with Crippen molar-refractivity contribution in [1.82, 2.24) is 9.78 Å². The fourth-order valence-electron chi connectivity index (χ4n) is 2.39. The van der Waals surface area contributed by atoms with Crippen LogP contribution in [0.1, 0.15) is 44.2 Å². The first kappa shape index (κ1) is 11.6. The predicted molar refractivity (Wildman–Crippen MR) is 69.5 cm³/mol. The van der Waals surface area contributed by atoms with E-state index >= 15 is 0 Å². The quantitative estimate of drug-likeness (QED) is 0.744. The van der Waals surface area contributed by atoms with Gasteiger partial charge in [0.25, 0.3) is 0 Å². The fraction of sp³-hybridized carbons (Fsp3) is 0.727. The molecule has 0 amide bonds. The average molecular weight is 336 g/mol. The Bertz CT molecular complexity index is 335. The maximum absolute atomic E-state index is 4.39. The van der Waals surface area contributed by atoms with E-state index in [0.29, 0.717) is 10.7 Å². The van der Waals surface area contributed by atoms with Gasteiger partial charge in [0.1, 0.15) is 0 Å². The molecule has 0 N–H and O–H groups in total. The predicted octanol–water partition coefficient (Wildman–Crippen LogP) is 4.09. The minimum Gasteiger partial charge on any atom is -0.268 e. The van der Waals surface area contributed by atoms with Gasteiger partial charge < -0.3 is 0 Å². The highest BCUT2D eigenvalue weighted by Crippen LogP contribution is 2.40. The smallest absolute Gasteiger partial charge is 0.0635 e. The van der Waals surface area contributed by atoms with Crippen LogP contribution in [0.3, 0.4) is 0 Å². The Hall–Kier alpha value is 0.170. The van der Waals surface area contributed by atoms with E-state index in [9.17, 15) is 0 Å². The number of nitrogens with zero attached hydrogens (tertiary/aromatic N) is 2. The molecule has 0 aromatic carbocycles. The van der Waals surface area contributed by atoms with Crippen molar-refractivity contribution in [3.63, 3.8) is 0 Å². The molecule has 2 atom stereocenters. The Kier molecular flexibility index (Phi) is 3.88. The van der Waals surface area contributed by atoms with Gasteiger partial charge in [-0.3, -0.25) is 4.68 Å². The highest BCUT2D eigenvalue weighted by molar-refractivity contribution is 9.10. The monoisotopic (exact) mass is 334 g/mol. The highest BCUT2D eigenvalue weighted by atomic mass is 79.9. The van der Waals surface area contributed by atoms with Gasteiger partial charge in [0.2, 0.25) is 0 Å². The van der Waals surface area contributed by atoms with Gasteiger partial charge in [-0.2, -0.15) is 5.10 Å². The first-order chi connectivity index (χ1) is 7.24. The Morgan fingerprint density at radius 2 is 2.20 bits per heavy atom. The molecular weight excluding hydrogens is 320 g/mol. The van der Waals surface area contributed by atoms with Gasteiger partial charge in [-0.25, -0.2) is 0 Å². The van der Waals surface area contributed by atoms with Gasteiger partial charge in [0.15, 0.2) is 0 Å². The van der Waals surface area contributed by atoms with Crippen LogP contribution in [-0.2, 0) is 6.54 Å². The minimum absolute atomic E-state index is 0.615. The van der Waals surface area contributed by atoms with Crippen molar-refractivity contribution < 1.29 is 0 Å². The zero-order valence-electron chi connectivity index (χ0n) is 8.92. The third kappa shape index (κ3) is 2.31. The second kappa shape index (κ2) is 5.00. The molecule has 0 aliphatic heterocycles. The zero-order chi connectivity index (χ0) is 10.8. The van der Waals surface area contributed by atoms with Gasteiger partial charge >= 0.3 is 0 Å². The van der Waals surface area contributed by atoms with Crippen molar-refractivity contribution in [2.75, 3.05) is 0 Å². The van der Waals surface area contributed by atoms with Crippen LogP contribution in [0.25, 0.3) is 0 Å². The summed E-state index contributed by atoms with van der Waals surface area (Å²) in [6.45, 7) is 3.10. The molecule has 4 heteroatoms. The van der Waals surface area contributed by atoms with E-state index in [2.05, 4.69) is 48.6 Å². The van der Waals surface area contributed by atoms with E-state index in [-0.39, 0.29) is 0 Å². The van der Waals surface area contributed by atoms with Crippen LogP contribution in [-0.4, -0.2) is 14.6 Å². The molecule has 0 saturated heterocycles. The molecule has 2 rings (SSSR count). The second-order valence-corrected chi connectivity index (χ2v) is 6.13. The average Bonchev–Trinajstić information content (AvgIpc) is 2.60. The van der Waals surface area contributed by atoms with Gasteiger partial charge in [-0.05, 0) is 35.7 Å². The molecule has 2 unspecified atom stereocenters. The Morgan fingerprint density at radius 1 is 1.47 bits per heavy atom. The maximum Gasteiger partial charge on any atom is 0.0635 e. The number of aromatic nitrogens is 2. The number of halogens is 2. The Balaban J connectivity index is 2.29. The number of rotatable bonds is 2. The largest absolute Gasteiger partial charge is 0.268 e. The fourth-order valence-corrected chi connectivity index (χ4v) is 3.81. The summed E-state index contributed by atoms with van der Waals surface area (Å²) in [6, 6.07) is 0. The van der Waals surface area contributed by atoms with E-state index in [1.165, 1.54) is 35.8 Å². The molecule has 0 bridgehead atoms. The molecule has 1 aromatic rings. The van der Waals surface area contributed by atoms with Crippen molar-refractivity contribution in [2.45, 2.75) is 49.9 Å². The van der Waals surface area contributed by atoms with E-state index in [1.54, 1.807) is 0 Å². The van der Waals surface area contributed by atoms with Crippen LogP contribution in [0.2, 0.25) is 0 Å². The van der Waals surface area contributed by atoms with Gasteiger partial charge in [-0.15, -0.1) is 0 Å². The van der Waals surface area contributed by atoms with Crippen LogP contribution >= 0.6 is 31.9 Å². The molecule has 1 heterocycles. The maximum atomic E-state index is 4.39. The van der Waals surface area contributed by atoms with Crippen molar-refractivity contribution in [3.8, 4) is 0 Å². The molecule has 1 fully saturated rings. The Morgan fingerprint density at radius 3 is 2.87 bits per heavy atom. The lowest BCUT2D eigenvalue weighted by atomic mass is 9.87. The molecule has 0 spiro atoms. The molecule has 15 heavy (non-hydrogen) atoms. The van der Waals surface area contributed by atoms with Gasteiger partial charge in [0.05, 0.1) is 16.4 Å². The summed E-state index contributed by atoms with van der Waals surface area (Å²) in [5, 5.41) is 4.39. The molecule has 1 saturated carbocycles. The zero-order valence-corrected chi connectivity index (χ0v) is 12.1. The van der Waals surface area contributed by atoms with Crippen molar-refractivity contribution in [3.05, 3.63) is 16.4 Å². The van der Waals surface area contributed by atoms with E-state index < -0.39 is 0 Å². The summed E-state index contributed by atoms with van der Waals surface area (Å²) in [5.41, 5.74) is 1.37. The lowest BCUT2D eigenvalue weighted by Crippen LogP contribution is -2.21. The van der Waals surface area contributed by atoms with E-state index in [0.717, 1.165) is 6.54 Å². The van der Waals surface area contributed by atoms with Crippen molar-refractivity contribution in [2.24, 2.45) is 0 Å². The lowest BCUT2D eigenvalue weighted by Gasteiger charge is -2.28. The van der Waals surface area contributed by atoms with Crippen LogP contribution in [0.4, 0.5) is 0 Å². The van der Waals surface area contributed by atoms with Crippen molar-refractivity contribution in [1.29, 1.82) is 0 Å². The molecule has 2 nitrogen and oxygen atoms in total. The standard InChI is InChI=1S/C11H16Br2N2/c1-2-15-11(10(13)7-14-15)8-5-3-4-6-9(8)12/h7-9H,2-6H2,1H3. The number of hydrogen-bond acceptors (Lipinski definition) is 1. The van der Waals surface area contributed by atoms with Gasteiger partial charge in [0, 0.05) is 17.3 Å². The number of alkyl halides is 1. The summed E-state index contributed by atoms with van der Waals surface area (Å²) in [6.07, 6.45) is 7.18. The minimum atomic E-state index is 0.615. The molecule has 1 aromatic heterocycles.